The first kappa shape index (κ1) is 29.0. The average molecular weight is 551 g/mol. The van der Waals surface area contributed by atoms with Crippen LogP contribution in [0.25, 0.3) is 11.1 Å². The van der Waals surface area contributed by atoms with Gasteiger partial charge in [-0.25, -0.2) is 22.0 Å². The zero-order valence-electron chi connectivity index (χ0n) is 22.0. The summed E-state index contributed by atoms with van der Waals surface area (Å²) in [5.41, 5.74) is -0.349. The quantitative estimate of drug-likeness (QED) is 0.270. The van der Waals surface area contributed by atoms with Gasteiger partial charge in [0.25, 0.3) is 0 Å². The van der Waals surface area contributed by atoms with Crippen LogP contribution < -0.4 is 4.74 Å². The Bertz CT molecular complexity index is 1320. The Kier molecular flexibility index (Phi) is 9.26. The van der Waals surface area contributed by atoms with Crippen molar-refractivity contribution in [2.45, 2.75) is 70.8 Å². The summed E-state index contributed by atoms with van der Waals surface area (Å²) in [7, 11) is 0. The predicted molar refractivity (Wildman–Crippen MR) is 138 cm³/mol. The van der Waals surface area contributed by atoms with E-state index in [4.69, 9.17) is 4.74 Å². The fourth-order valence-electron chi connectivity index (χ4n) is 5.49. The van der Waals surface area contributed by atoms with E-state index in [1.807, 2.05) is 0 Å². The van der Waals surface area contributed by atoms with Gasteiger partial charge in [-0.05, 0) is 87.0 Å². The fraction of sp³-hybridized carbons (Fsp3) is 0.419. The lowest BCUT2D eigenvalue weighted by Gasteiger charge is -2.29. The first-order chi connectivity index (χ1) is 18.7. The molecule has 3 aromatic carbocycles. The van der Waals surface area contributed by atoms with Crippen molar-refractivity contribution < 1.29 is 36.2 Å². The third kappa shape index (κ3) is 5.96. The molecule has 0 aliphatic heterocycles. The lowest BCUT2D eigenvalue weighted by molar-refractivity contribution is 0.167. The summed E-state index contributed by atoms with van der Waals surface area (Å²) >= 11 is 0. The maximum absolute atomic E-state index is 15.1. The average Bonchev–Trinajstić information content (AvgIpc) is 2.94. The second kappa shape index (κ2) is 12.5. The number of hydrogen-bond donors (Lipinski definition) is 1. The normalized spacial score (nSPS) is 18.3. The molecular weight excluding hydrogens is 518 g/mol. The number of halogens is 6. The molecule has 2 nitrogen and oxygen atoms in total. The Morgan fingerprint density at radius 3 is 2.03 bits per heavy atom. The van der Waals surface area contributed by atoms with Crippen LogP contribution in [0.15, 0.2) is 36.4 Å². The SMILES string of the molecule is CCOc1ccc(-c2ccc(C3CCC(CCc4ccc(C(O)CC)c(F)c4F)CC3)c(F)c2F)c(F)c1F. The van der Waals surface area contributed by atoms with Gasteiger partial charge >= 0.3 is 0 Å². The molecule has 1 atom stereocenters. The van der Waals surface area contributed by atoms with Gasteiger partial charge in [0.1, 0.15) is 0 Å². The van der Waals surface area contributed by atoms with Crippen LogP contribution in [0, 0.1) is 40.8 Å². The van der Waals surface area contributed by atoms with Gasteiger partial charge in [0.05, 0.1) is 12.7 Å². The van der Waals surface area contributed by atoms with E-state index in [2.05, 4.69) is 0 Å². The number of hydrogen-bond acceptors (Lipinski definition) is 2. The maximum atomic E-state index is 15.1. The topological polar surface area (TPSA) is 29.5 Å². The van der Waals surface area contributed by atoms with Crippen molar-refractivity contribution >= 4 is 0 Å². The van der Waals surface area contributed by atoms with Gasteiger partial charge in [-0.2, -0.15) is 4.39 Å². The molecule has 0 aromatic heterocycles. The van der Waals surface area contributed by atoms with Crippen LogP contribution in [0.5, 0.6) is 5.75 Å². The van der Waals surface area contributed by atoms with Crippen molar-refractivity contribution in [2.24, 2.45) is 5.92 Å². The minimum absolute atomic E-state index is 0.0464. The van der Waals surface area contributed by atoms with E-state index in [-0.39, 0.29) is 58.4 Å². The van der Waals surface area contributed by atoms with Crippen molar-refractivity contribution in [2.75, 3.05) is 6.61 Å². The lowest BCUT2D eigenvalue weighted by Crippen LogP contribution is -2.16. The van der Waals surface area contributed by atoms with E-state index < -0.39 is 41.0 Å². The largest absolute Gasteiger partial charge is 0.491 e. The van der Waals surface area contributed by atoms with Crippen molar-refractivity contribution in [3.8, 4) is 16.9 Å². The molecule has 1 unspecified atom stereocenters. The summed E-state index contributed by atoms with van der Waals surface area (Å²) in [5, 5.41) is 9.85. The molecule has 0 amide bonds. The van der Waals surface area contributed by atoms with Crippen molar-refractivity contribution in [3.63, 3.8) is 0 Å². The maximum Gasteiger partial charge on any atom is 0.201 e. The van der Waals surface area contributed by atoms with E-state index in [1.54, 1.807) is 13.8 Å². The summed E-state index contributed by atoms with van der Waals surface area (Å²) in [6.45, 7) is 3.43. The summed E-state index contributed by atoms with van der Waals surface area (Å²) in [6, 6.07) is 7.99. The van der Waals surface area contributed by atoms with Crippen LogP contribution in [0.2, 0.25) is 0 Å². The molecule has 0 heterocycles. The molecule has 8 heteroatoms. The molecule has 1 aliphatic rings. The molecular formula is C31H32F6O2. The van der Waals surface area contributed by atoms with E-state index in [0.29, 0.717) is 38.5 Å². The van der Waals surface area contributed by atoms with Crippen LogP contribution in [-0.2, 0) is 6.42 Å². The van der Waals surface area contributed by atoms with E-state index >= 15 is 8.78 Å². The first-order valence-corrected chi connectivity index (χ1v) is 13.4. The van der Waals surface area contributed by atoms with E-state index in [9.17, 15) is 22.7 Å². The fourth-order valence-corrected chi connectivity index (χ4v) is 5.49. The van der Waals surface area contributed by atoms with Gasteiger partial charge in [-0.3, -0.25) is 0 Å². The Morgan fingerprint density at radius 2 is 1.38 bits per heavy atom. The highest BCUT2D eigenvalue weighted by atomic mass is 19.2. The highest BCUT2D eigenvalue weighted by molar-refractivity contribution is 5.66. The van der Waals surface area contributed by atoms with Crippen LogP contribution in [0.3, 0.4) is 0 Å². The lowest BCUT2D eigenvalue weighted by atomic mass is 9.76. The molecule has 1 saturated carbocycles. The van der Waals surface area contributed by atoms with Crippen molar-refractivity contribution in [1.29, 1.82) is 0 Å². The number of ether oxygens (including phenoxy) is 1. The molecule has 210 valence electrons. The number of aliphatic hydroxyl groups excluding tert-OH is 1. The summed E-state index contributed by atoms with van der Waals surface area (Å²) < 4.78 is 92.9. The molecule has 1 N–H and O–H groups in total. The second-order valence-corrected chi connectivity index (χ2v) is 10.1. The first-order valence-electron chi connectivity index (χ1n) is 13.4. The smallest absolute Gasteiger partial charge is 0.201 e. The van der Waals surface area contributed by atoms with E-state index in [0.717, 1.165) is 0 Å². The Morgan fingerprint density at radius 1 is 0.744 bits per heavy atom. The number of benzene rings is 3. The van der Waals surface area contributed by atoms with Crippen molar-refractivity contribution in [3.05, 3.63) is 88.0 Å². The zero-order chi connectivity index (χ0) is 28.3. The highest BCUT2D eigenvalue weighted by Crippen LogP contribution is 2.41. The number of aryl methyl sites for hydroxylation is 1. The van der Waals surface area contributed by atoms with Gasteiger partial charge in [-0.15, -0.1) is 0 Å². The summed E-state index contributed by atoms with van der Waals surface area (Å²) in [6.07, 6.45) is 2.79. The third-order valence-corrected chi connectivity index (χ3v) is 7.80. The molecule has 1 aliphatic carbocycles. The Hall–Kier alpha value is -3.00. The van der Waals surface area contributed by atoms with Gasteiger partial charge in [0, 0.05) is 16.7 Å². The van der Waals surface area contributed by atoms with Gasteiger partial charge in [0.2, 0.25) is 5.82 Å². The van der Waals surface area contributed by atoms with Crippen LogP contribution in [0.4, 0.5) is 26.3 Å². The van der Waals surface area contributed by atoms with Crippen LogP contribution in [-0.4, -0.2) is 11.7 Å². The van der Waals surface area contributed by atoms with Gasteiger partial charge in [0.15, 0.2) is 34.8 Å². The monoisotopic (exact) mass is 550 g/mol. The predicted octanol–water partition coefficient (Wildman–Crippen LogP) is 8.94. The van der Waals surface area contributed by atoms with Crippen LogP contribution in [0.1, 0.15) is 81.1 Å². The zero-order valence-corrected chi connectivity index (χ0v) is 22.0. The molecule has 1 fully saturated rings. The molecule has 4 rings (SSSR count). The highest BCUT2D eigenvalue weighted by Gasteiger charge is 2.28. The molecule has 39 heavy (non-hydrogen) atoms. The number of aliphatic hydroxyl groups is 1. The third-order valence-electron chi connectivity index (χ3n) is 7.80. The molecule has 3 aromatic rings. The van der Waals surface area contributed by atoms with Gasteiger partial charge < -0.3 is 9.84 Å². The van der Waals surface area contributed by atoms with Crippen LogP contribution >= 0.6 is 0 Å². The molecule has 0 saturated heterocycles. The second-order valence-electron chi connectivity index (χ2n) is 10.1. The Labute approximate surface area is 224 Å². The van der Waals surface area contributed by atoms with Crippen molar-refractivity contribution in [1.82, 2.24) is 0 Å². The number of rotatable bonds is 9. The minimum atomic E-state index is -1.31. The summed E-state index contributed by atoms with van der Waals surface area (Å²) in [4.78, 5) is 0. The van der Waals surface area contributed by atoms with Gasteiger partial charge in [-0.1, -0.05) is 31.2 Å². The molecule has 0 bridgehead atoms. The molecule has 0 spiro atoms. The summed E-state index contributed by atoms with van der Waals surface area (Å²) in [5.74, 6) is -7.13. The Balaban J connectivity index is 1.41. The molecule has 0 radical (unpaired) electrons. The van der Waals surface area contributed by atoms with E-state index in [1.165, 1.54) is 36.4 Å². The minimum Gasteiger partial charge on any atom is -0.491 e. The standard InChI is InChI=1S/C31H32F6O2/c1-3-24(38)23-12-11-19(26(32)30(23)36)10-7-17-5-8-18(9-6-17)20-13-14-21(28(34)27(20)33)22-15-16-25(39-4-2)31(37)29(22)35/h11-18,24,38H,3-10H2,1-2H3.